The number of anilines is 1. The number of aromatic nitrogens is 3. The van der Waals surface area contributed by atoms with E-state index in [2.05, 4.69) is 15.0 Å². The first kappa shape index (κ1) is 26.6. The van der Waals surface area contributed by atoms with E-state index < -0.39 is 42.0 Å². The number of furan rings is 1. The second kappa shape index (κ2) is 10.1. The molecule has 0 spiro atoms. The number of carboxylic acids is 1. The maximum absolute atomic E-state index is 16.3. The van der Waals surface area contributed by atoms with E-state index in [-0.39, 0.29) is 66.0 Å². The molecule has 9 nitrogen and oxygen atoms in total. The summed E-state index contributed by atoms with van der Waals surface area (Å²) in [7, 11) is 0. The topological polar surface area (TPSA) is 111 Å². The molecule has 4 atom stereocenters. The van der Waals surface area contributed by atoms with Gasteiger partial charge in [-0.05, 0) is 18.2 Å². The Balaban J connectivity index is 1.39. The van der Waals surface area contributed by atoms with Gasteiger partial charge in [0.05, 0.1) is 23.7 Å². The summed E-state index contributed by atoms with van der Waals surface area (Å²) in [6, 6.07) is 7.04. The van der Waals surface area contributed by atoms with E-state index in [1.807, 2.05) is 0 Å². The quantitative estimate of drug-likeness (QED) is 0.309. The van der Waals surface area contributed by atoms with Gasteiger partial charge in [0.25, 0.3) is 6.43 Å². The van der Waals surface area contributed by atoms with Crippen molar-refractivity contribution >= 4 is 45.5 Å². The minimum atomic E-state index is -3.00. The number of carbonyl (C=O) groups is 1. The SMILES string of the molecule is C[C@H]1COCC[C@]1(F)c1cc(Cl)cnc1O[C@H]1C[C@@H](C(=O)O)N(c2nc(C(F)F)nc3c2oc2ccccc23)C1. The first-order valence-electron chi connectivity index (χ1n) is 12.7. The second-order valence-corrected chi connectivity index (χ2v) is 10.5. The van der Waals surface area contributed by atoms with Gasteiger partial charge < -0.3 is 23.9 Å². The fourth-order valence-electron chi connectivity index (χ4n) is 5.47. The van der Waals surface area contributed by atoms with E-state index in [1.54, 1.807) is 31.2 Å². The largest absolute Gasteiger partial charge is 0.480 e. The van der Waals surface area contributed by atoms with E-state index in [0.29, 0.717) is 11.0 Å². The van der Waals surface area contributed by atoms with Gasteiger partial charge in [0.2, 0.25) is 5.88 Å². The Labute approximate surface area is 230 Å². The summed E-state index contributed by atoms with van der Waals surface area (Å²) in [5, 5.41) is 10.8. The zero-order valence-electron chi connectivity index (χ0n) is 21.2. The monoisotopic (exact) mass is 576 g/mol. The Morgan fingerprint density at radius 3 is 2.85 bits per heavy atom. The maximum atomic E-state index is 16.3. The van der Waals surface area contributed by atoms with Crippen LogP contribution in [-0.2, 0) is 15.2 Å². The highest BCUT2D eigenvalue weighted by Gasteiger charge is 2.46. The molecule has 13 heteroatoms. The van der Waals surface area contributed by atoms with Gasteiger partial charge in [0.15, 0.2) is 17.2 Å². The van der Waals surface area contributed by atoms with Gasteiger partial charge in [-0.25, -0.2) is 32.9 Å². The molecule has 0 radical (unpaired) electrons. The van der Waals surface area contributed by atoms with Crippen molar-refractivity contribution in [2.75, 3.05) is 24.7 Å². The molecule has 0 saturated carbocycles. The van der Waals surface area contributed by atoms with Crippen LogP contribution in [0.5, 0.6) is 5.88 Å². The van der Waals surface area contributed by atoms with Crippen LogP contribution in [0.2, 0.25) is 5.02 Å². The van der Waals surface area contributed by atoms with Crippen LogP contribution in [0.3, 0.4) is 0 Å². The van der Waals surface area contributed by atoms with Gasteiger partial charge >= 0.3 is 5.97 Å². The van der Waals surface area contributed by atoms with E-state index in [9.17, 15) is 18.7 Å². The van der Waals surface area contributed by atoms with Crippen LogP contribution in [0.4, 0.5) is 19.0 Å². The average Bonchev–Trinajstić information content (AvgIpc) is 3.52. The third-order valence-electron chi connectivity index (χ3n) is 7.54. The van der Waals surface area contributed by atoms with Crippen molar-refractivity contribution in [2.24, 2.45) is 5.92 Å². The molecule has 40 heavy (non-hydrogen) atoms. The Morgan fingerprint density at radius 2 is 2.10 bits per heavy atom. The normalized spacial score (nSPS) is 25.2. The maximum Gasteiger partial charge on any atom is 0.326 e. The third kappa shape index (κ3) is 4.48. The van der Waals surface area contributed by atoms with Crippen molar-refractivity contribution in [2.45, 2.75) is 44.0 Å². The van der Waals surface area contributed by atoms with Crippen LogP contribution < -0.4 is 9.64 Å². The highest BCUT2D eigenvalue weighted by molar-refractivity contribution is 6.30. The summed E-state index contributed by atoms with van der Waals surface area (Å²) in [5.41, 5.74) is -1.04. The summed E-state index contributed by atoms with van der Waals surface area (Å²) in [5.74, 6) is -2.57. The van der Waals surface area contributed by atoms with Gasteiger partial charge in [-0.3, -0.25) is 0 Å². The molecule has 2 fully saturated rings. The number of halogens is 4. The summed E-state index contributed by atoms with van der Waals surface area (Å²) in [6.45, 7) is 2.06. The lowest BCUT2D eigenvalue weighted by atomic mass is 9.81. The molecule has 5 heterocycles. The molecule has 6 rings (SSSR count). The number of pyridine rings is 1. The average molecular weight is 577 g/mol. The van der Waals surface area contributed by atoms with Gasteiger partial charge in [0, 0.05) is 36.9 Å². The van der Waals surface area contributed by atoms with Gasteiger partial charge in [-0.2, -0.15) is 0 Å². The van der Waals surface area contributed by atoms with Crippen molar-refractivity contribution in [3.63, 3.8) is 0 Å². The van der Waals surface area contributed by atoms with Crippen molar-refractivity contribution in [1.82, 2.24) is 15.0 Å². The van der Waals surface area contributed by atoms with Crippen LogP contribution in [0, 0.1) is 5.92 Å². The predicted octanol–water partition coefficient (Wildman–Crippen LogP) is 5.69. The minimum absolute atomic E-state index is 0.0125. The standard InChI is InChI=1S/C27H24ClF3N4O5/c1-13-12-38-7-6-27(13,31)17-8-14(28)10-32-25(17)39-15-9-18(26(36)37)35(11-15)24-21-20(33-23(34-24)22(29)30)16-4-2-3-5-19(16)40-21/h2-5,8,10,13,15,18,22H,6-7,9,11-12H2,1H3,(H,36,37)/t13-,15-,18-,27+/m0/s1. The molecule has 1 N–H and O–H groups in total. The molecule has 1 aromatic carbocycles. The van der Waals surface area contributed by atoms with Gasteiger partial charge in [-0.15, -0.1) is 0 Å². The van der Waals surface area contributed by atoms with E-state index in [0.717, 1.165) is 0 Å². The number of aliphatic carboxylic acids is 1. The van der Waals surface area contributed by atoms with Crippen molar-refractivity contribution in [3.05, 3.63) is 52.9 Å². The number of benzene rings is 1. The number of alkyl halides is 3. The van der Waals surface area contributed by atoms with Crippen LogP contribution in [-0.4, -0.2) is 57.9 Å². The Hall–Kier alpha value is -3.64. The minimum Gasteiger partial charge on any atom is -0.480 e. The van der Waals surface area contributed by atoms with E-state index in [4.69, 9.17) is 25.5 Å². The van der Waals surface area contributed by atoms with Crippen LogP contribution in [0.15, 0.2) is 40.9 Å². The number of carboxylic acid groups (broad SMARTS) is 1. The first-order chi connectivity index (χ1) is 19.2. The van der Waals surface area contributed by atoms with E-state index in [1.165, 1.54) is 17.2 Å². The lowest BCUT2D eigenvalue weighted by molar-refractivity contribution is -0.138. The van der Waals surface area contributed by atoms with Crippen LogP contribution in [0.25, 0.3) is 22.1 Å². The number of ether oxygens (including phenoxy) is 2. The Kier molecular flexibility index (Phi) is 6.70. The molecule has 210 valence electrons. The molecule has 4 aromatic rings. The lowest BCUT2D eigenvalue weighted by Crippen LogP contribution is -2.38. The van der Waals surface area contributed by atoms with Gasteiger partial charge in [0.1, 0.15) is 28.9 Å². The van der Waals surface area contributed by atoms with E-state index >= 15 is 4.39 Å². The number of nitrogens with zero attached hydrogens (tertiary/aromatic N) is 4. The van der Waals surface area contributed by atoms with Crippen LogP contribution in [0.1, 0.15) is 37.6 Å². The number of rotatable bonds is 6. The first-order valence-corrected chi connectivity index (χ1v) is 13.1. The number of hydrogen-bond acceptors (Lipinski definition) is 8. The number of fused-ring (bicyclic) bond motifs is 3. The number of para-hydroxylation sites is 1. The highest BCUT2D eigenvalue weighted by atomic mass is 35.5. The Bertz CT molecular complexity index is 1600. The zero-order chi connectivity index (χ0) is 28.2. The predicted molar refractivity (Wildman–Crippen MR) is 139 cm³/mol. The van der Waals surface area contributed by atoms with Crippen molar-refractivity contribution in [3.8, 4) is 5.88 Å². The summed E-state index contributed by atoms with van der Waals surface area (Å²) in [4.78, 5) is 25.9. The summed E-state index contributed by atoms with van der Waals surface area (Å²) >= 11 is 6.17. The molecule has 0 aliphatic carbocycles. The molecule has 2 aliphatic heterocycles. The molecule has 3 aromatic heterocycles. The number of hydrogen-bond donors (Lipinski definition) is 1. The zero-order valence-corrected chi connectivity index (χ0v) is 21.9. The summed E-state index contributed by atoms with van der Waals surface area (Å²) in [6.07, 6.45) is -2.45. The summed E-state index contributed by atoms with van der Waals surface area (Å²) < 4.78 is 61.4. The second-order valence-electron chi connectivity index (χ2n) is 10.1. The van der Waals surface area contributed by atoms with Gasteiger partial charge in [-0.1, -0.05) is 30.7 Å². The molecule has 0 unspecified atom stereocenters. The Morgan fingerprint density at radius 1 is 1.30 bits per heavy atom. The fraction of sp³-hybridized carbons (Fsp3) is 0.407. The highest BCUT2D eigenvalue weighted by Crippen LogP contribution is 2.45. The smallest absolute Gasteiger partial charge is 0.326 e. The molecule has 0 amide bonds. The third-order valence-corrected chi connectivity index (χ3v) is 7.74. The molecular formula is C27H24ClF3N4O5. The molecule has 0 bridgehead atoms. The van der Waals surface area contributed by atoms with Crippen LogP contribution >= 0.6 is 11.6 Å². The molecule has 2 saturated heterocycles. The fourth-order valence-corrected chi connectivity index (χ4v) is 5.63. The molecule has 2 aliphatic rings. The van der Waals surface area contributed by atoms with Crippen molar-refractivity contribution in [1.29, 1.82) is 0 Å². The molecular weight excluding hydrogens is 553 g/mol. The van der Waals surface area contributed by atoms with Crippen molar-refractivity contribution < 1.29 is 37.0 Å². The lowest BCUT2D eigenvalue weighted by Gasteiger charge is -2.36.